The van der Waals surface area contributed by atoms with E-state index in [4.69, 9.17) is 10.00 Å². The first kappa shape index (κ1) is 16.9. The van der Waals surface area contributed by atoms with Crippen molar-refractivity contribution in [2.24, 2.45) is 4.99 Å². The third kappa shape index (κ3) is 5.51. The van der Waals surface area contributed by atoms with Gasteiger partial charge in [-0.15, -0.1) is 0 Å². The van der Waals surface area contributed by atoms with E-state index in [9.17, 15) is 0 Å². The molecule has 18 heavy (non-hydrogen) atoms. The summed E-state index contributed by atoms with van der Waals surface area (Å²) in [4.78, 5) is 4.37. The Morgan fingerprint density at radius 2 is 2.11 bits per heavy atom. The van der Waals surface area contributed by atoms with E-state index >= 15 is 0 Å². The molecule has 0 aromatic carbocycles. The van der Waals surface area contributed by atoms with E-state index in [1.165, 1.54) is 0 Å². The summed E-state index contributed by atoms with van der Waals surface area (Å²) in [5.41, 5.74) is 0.651. The molecule has 0 saturated carbocycles. The van der Waals surface area contributed by atoms with Crippen LogP contribution in [0.5, 0.6) is 0 Å². The lowest BCUT2D eigenvalue weighted by atomic mass is 9.50. The quantitative estimate of drug-likeness (QED) is 0.373. The van der Waals surface area contributed by atoms with Crippen LogP contribution in [0.2, 0.25) is 13.1 Å². The smallest absolute Gasteiger partial charge is 0.264 e. The minimum absolute atomic E-state index is 0.147. The number of nitriles is 1. The molecule has 0 amide bonds. The van der Waals surface area contributed by atoms with Gasteiger partial charge in [0.05, 0.1) is 5.70 Å². The molecular weight excluding hydrogens is 223 g/mol. The summed E-state index contributed by atoms with van der Waals surface area (Å²) in [5, 5.41) is 8.73. The van der Waals surface area contributed by atoms with Gasteiger partial charge in [0.2, 0.25) is 0 Å². The van der Waals surface area contributed by atoms with Crippen LogP contribution >= 0.6 is 0 Å². The Morgan fingerprint density at radius 1 is 1.44 bits per heavy atom. The average molecular weight is 248 g/mol. The van der Waals surface area contributed by atoms with Crippen molar-refractivity contribution in [1.82, 2.24) is 0 Å². The highest BCUT2D eigenvalue weighted by Gasteiger charge is 2.27. The summed E-state index contributed by atoms with van der Waals surface area (Å²) in [5.74, 6) is 2.26. The molecule has 0 saturated heterocycles. The van der Waals surface area contributed by atoms with Crippen molar-refractivity contribution in [2.75, 3.05) is 7.11 Å². The first-order chi connectivity index (χ1) is 8.53. The van der Waals surface area contributed by atoms with Crippen LogP contribution in [0.25, 0.3) is 0 Å². The molecular formula is C14H25BN2O. The van der Waals surface area contributed by atoms with Crippen molar-refractivity contribution in [1.29, 1.82) is 5.26 Å². The van der Waals surface area contributed by atoms with Crippen molar-refractivity contribution in [3.05, 3.63) is 11.8 Å². The molecule has 0 fully saturated rings. The normalized spacial score (nSPS) is 15.4. The minimum atomic E-state index is -0.322. The standard InChI is InChI=1S/C14H25BN2O/c1-6-13(17-7-2)14(3,18-5)10-8-9-11-15(4)12-16/h6-7H,8-11H2,1-5H3/b13-6-,17-7?. The predicted molar refractivity (Wildman–Crippen MR) is 79.2 cm³/mol. The molecule has 1 atom stereocenters. The minimum Gasteiger partial charge on any atom is -0.372 e. The van der Waals surface area contributed by atoms with Gasteiger partial charge in [0.1, 0.15) is 5.60 Å². The van der Waals surface area contributed by atoms with E-state index in [0.29, 0.717) is 0 Å². The third-order valence-electron chi connectivity index (χ3n) is 3.30. The summed E-state index contributed by atoms with van der Waals surface area (Å²) in [6.07, 6.45) is 7.79. The van der Waals surface area contributed by atoms with Crippen LogP contribution in [0.3, 0.4) is 0 Å². The number of hydrogen-bond acceptors (Lipinski definition) is 3. The van der Waals surface area contributed by atoms with E-state index in [1.54, 1.807) is 13.3 Å². The molecule has 0 aliphatic heterocycles. The van der Waals surface area contributed by atoms with Crippen molar-refractivity contribution in [3.8, 4) is 5.97 Å². The van der Waals surface area contributed by atoms with Crippen molar-refractivity contribution in [2.45, 2.75) is 58.8 Å². The number of aliphatic imine (C=N–C) groups is 1. The van der Waals surface area contributed by atoms with E-state index < -0.39 is 0 Å². The lowest BCUT2D eigenvalue weighted by Crippen LogP contribution is -2.29. The van der Waals surface area contributed by atoms with Gasteiger partial charge in [-0.1, -0.05) is 32.1 Å². The highest BCUT2D eigenvalue weighted by atomic mass is 16.5. The van der Waals surface area contributed by atoms with Crippen LogP contribution in [-0.2, 0) is 4.74 Å². The average Bonchev–Trinajstić information content (AvgIpc) is 2.40. The van der Waals surface area contributed by atoms with E-state index in [0.717, 1.165) is 31.3 Å². The van der Waals surface area contributed by atoms with E-state index in [-0.39, 0.29) is 12.3 Å². The fraction of sp³-hybridized carbons (Fsp3) is 0.714. The Bertz CT molecular complexity index is 333. The van der Waals surface area contributed by atoms with Gasteiger partial charge in [-0.2, -0.15) is 0 Å². The number of hydrogen-bond donors (Lipinski definition) is 0. The number of unbranched alkanes of at least 4 members (excludes halogenated alkanes) is 1. The second-order valence-electron chi connectivity index (χ2n) is 4.77. The number of allylic oxidation sites excluding steroid dienone is 1. The first-order valence-corrected chi connectivity index (χ1v) is 6.64. The van der Waals surface area contributed by atoms with E-state index in [2.05, 4.69) is 17.9 Å². The van der Waals surface area contributed by atoms with Gasteiger partial charge in [-0.25, -0.2) is 5.26 Å². The Hall–Kier alpha value is -1.08. The lowest BCUT2D eigenvalue weighted by molar-refractivity contribution is 0.0281. The predicted octanol–water partition coefficient (Wildman–Crippen LogP) is 3.74. The second-order valence-corrected chi connectivity index (χ2v) is 4.77. The zero-order chi connectivity index (χ0) is 14.0. The molecule has 0 aromatic rings. The Balaban J connectivity index is 4.37. The van der Waals surface area contributed by atoms with Crippen LogP contribution in [0.15, 0.2) is 16.8 Å². The van der Waals surface area contributed by atoms with Gasteiger partial charge < -0.3 is 4.74 Å². The number of nitrogens with zero attached hydrogens (tertiary/aromatic N) is 2. The van der Waals surface area contributed by atoms with Gasteiger partial charge in [0.25, 0.3) is 6.71 Å². The SMILES string of the molecule is CC=N/C(=C\C)C(C)(CCCCB(C)C#N)OC. The molecule has 0 aliphatic rings. The van der Waals surface area contributed by atoms with Crippen LogP contribution in [0.4, 0.5) is 0 Å². The molecule has 0 spiro atoms. The van der Waals surface area contributed by atoms with Crippen LogP contribution in [0, 0.1) is 11.2 Å². The second kappa shape index (κ2) is 8.94. The van der Waals surface area contributed by atoms with Crippen LogP contribution in [-0.4, -0.2) is 25.6 Å². The molecule has 0 rings (SSSR count). The van der Waals surface area contributed by atoms with Gasteiger partial charge in [0.15, 0.2) is 0 Å². The molecule has 0 aliphatic carbocycles. The third-order valence-corrected chi connectivity index (χ3v) is 3.30. The fourth-order valence-corrected chi connectivity index (χ4v) is 1.97. The molecule has 0 radical (unpaired) electrons. The Kier molecular flexibility index (Phi) is 8.40. The Labute approximate surface area is 112 Å². The fourth-order valence-electron chi connectivity index (χ4n) is 1.97. The summed E-state index contributed by atoms with van der Waals surface area (Å²) in [7, 11) is 1.73. The monoisotopic (exact) mass is 248 g/mol. The molecule has 0 aromatic heterocycles. The van der Waals surface area contributed by atoms with Crippen molar-refractivity contribution in [3.63, 3.8) is 0 Å². The molecule has 4 heteroatoms. The maximum Gasteiger partial charge on any atom is 0.264 e. The maximum absolute atomic E-state index is 8.73. The summed E-state index contributed by atoms with van der Waals surface area (Å²) in [6.45, 7) is 8.08. The number of ether oxygens (including phenoxy) is 1. The summed E-state index contributed by atoms with van der Waals surface area (Å²) >= 11 is 0. The number of rotatable bonds is 8. The molecule has 0 bridgehead atoms. The van der Waals surface area contributed by atoms with Crippen molar-refractivity contribution < 1.29 is 4.74 Å². The molecule has 100 valence electrons. The lowest BCUT2D eigenvalue weighted by Gasteiger charge is -2.28. The summed E-state index contributed by atoms with van der Waals surface area (Å²) in [6, 6.07) is 0. The Morgan fingerprint density at radius 3 is 2.56 bits per heavy atom. The van der Waals surface area contributed by atoms with Gasteiger partial charge in [-0.05, 0) is 27.2 Å². The van der Waals surface area contributed by atoms with Gasteiger partial charge >= 0.3 is 0 Å². The number of methoxy groups -OCH3 is 1. The summed E-state index contributed by atoms with van der Waals surface area (Å²) < 4.78 is 5.63. The molecule has 1 unspecified atom stereocenters. The van der Waals surface area contributed by atoms with Gasteiger partial charge in [-0.3, -0.25) is 4.99 Å². The largest absolute Gasteiger partial charge is 0.372 e. The topological polar surface area (TPSA) is 45.4 Å². The van der Waals surface area contributed by atoms with E-state index in [1.807, 2.05) is 26.7 Å². The first-order valence-electron chi connectivity index (χ1n) is 6.64. The highest BCUT2D eigenvalue weighted by Crippen LogP contribution is 2.28. The van der Waals surface area contributed by atoms with Crippen LogP contribution < -0.4 is 0 Å². The van der Waals surface area contributed by atoms with Crippen molar-refractivity contribution >= 4 is 12.9 Å². The molecule has 0 heterocycles. The maximum atomic E-state index is 8.73. The molecule has 0 N–H and O–H groups in total. The zero-order valence-corrected chi connectivity index (χ0v) is 12.4. The van der Waals surface area contributed by atoms with Crippen LogP contribution in [0.1, 0.15) is 40.0 Å². The highest BCUT2D eigenvalue weighted by molar-refractivity contribution is 6.65. The molecule has 3 nitrogen and oxygen atoms in total. The zero-order valence-electron chi connectivity index (χ0n) is 12.4. The van der Waals surface area contributed by atoms with Gasteiger partial charge in [0, 0.05) is 19.3 Å².